The van der Waals surface area contributed by atoms with E-state index in [1.54, 1.807) is 36.4 Å². The number of ether oxygens (including phenoxy) is 1. The Morgan fingerprint density at radius 1 is 1.30 bits per heavy atom. The molecule has 0 aliphatic carbocycles. The number of carbonyl (C=O) groups is 1. The number of halogens is 2. The number of rotatable bonds is 3. The molecule has 6 heteroatoms. The number of benzene rings is 2. The number of carbonyl (C=O) groups excluding carboxylic acids is 1. The average molecular weight is 356 g/mol. The number of amides is 1. The van der Waals surface area contributed by atoms with Gasteiger partial charge in [-0.3, -0.25) is 4.79 Å². The smallest absolute Gasteiger partial charge is 0.255 e. The number of methoxy groups -OCH3 is 1. The zero-order valence-corrected chi connectivity index (χ0v) is 13.0. The highest BCUT2D eigenvalue weighted by molar-refractivity contribution is 9.10. The summed E-state index contributed by atoms with van der Waals surface area (Å²) in [5.74, 6) is 0.226. The number of nitrogens with one attached hydrogen (secondary N) is 1. The maximum Gasteiger partial charge on any atom is 0.255 e. The molecule has 0 bridgehead atoms. The zero-order valence-electron chi connectivity index (χ0n) is 10.6. The van der Waals surface area contributed by atoms with Gasteiger partial charge in [0.15, 0.2) is 0 Å². The van der Waals surface area contributed by atoms with E-state index < -0.39 is 0 Å². The second-order valence-corrected chi connectivity index (χ2v) is 5.30. The van der Waals surface area contributed by atoms with Crippen molar-refractivity contribution in [2.45, 2.75) is 0 Å². The van der Waals surface area contributed by atoms with Crippen LogP contribution in [-0.4, -0.2) is 13.0 Å². The molecule has 2 rings (SSSR count). The molecule has 0 aromatic heterocycles. The van der Waals surface area contributed by atoms with E-state index in [0.717, 1.165) is 4.47 Å². The molecule has 1 amide bonds. The molecule has 0 spiro atoms. The van der Waals surface area contributed by atoms with Crippen LogP contribution >= 0.6 is 27.5 Å². The Balaban J connectivity index is 2.25. The van der Waals surface area contributed by atoms with Crippen molar-refractivity contribution in [2.75, 3.05) is 18.2 Å². The molecular weight excluding hydrogens is 344 g/mol. The molecule has 0 unspecified atom stereocenters. The van der Waals surface area contributed by atoms with Crippen LogP contribution in [0.4, 0.5) is 11.4 Å². The molecule has 104 valence electrons. The van der Waals surface area contributed by atoms with Gasteiger partial charge in [0, 0.05) is 21.8 Å². The lowest BCUT2D eigenvalue weighted by molar-refractivity contribution is 0.102. The fourth-order valence-corrected chi connectivity index (χ4v) is 2.07. The normalized spacial score (nSPS) is 10.2. The van der Waals surface area contributed by atoms with Gasteiger partial charge in [-0.15, -0.1) is 0 Å². The van der Waals surface area contributed by atoms with Crippen molar-refractivity contribution >= 4 is 44.8 Å². The van der Waals surface area contributed by atoms with Gasteiger partial charge in [-0.25, -0.2) is 0 Å². The fourth-order valence-electron chi connectivity index (χ4n) is 1.64. The van der Waals surface area contributed by atoms with Crippen molar-refractivity contribution in [3.8, 4) is 5.75 Å². The fraction of sp³-hybridized carbons (Fsp3) is 0.0714. The largest absolute Gasteiger partial charge is 0.494 e. The summed E-state index contributed by atoms with van der Waals surface area (Å²) in [5, 5.41) is 3.23. The standard InChI is InChI=1S/C14H12BrClN2O2/c1-20-13-7-9(17)3-5-12(13)18-14(19)8-2-4-10(15)11(16)6-8/h2-7H,17H2,1H3,(H,18,19). The number of nitrogen functional groups attached to an aromatic ring is 1. The molecule has 0 fully saturated rings. The minimum Gasteiger partial charge on any atom is -0.494 e. The summed E-state index contributed by atoms with van der Waals surface area (Å²) in [6.07, 6.45) is 0. The molecule has 0 aliphatic rings. The Morgan fingerprint density at radius 2 is 2.05 bits per heavy atom. The van der Waals surface area contributed by atoms with Gasteiger partial charge in [-0.2, -0.15) is 0 Å². The topological polar surface area (TPSA) is 64.3 Å². The van der Waals surface area contributed by atoms with Gasteiger partial charge < -0.3 is 15.8 Å². The Hall–Kier alpha value is -1.72. The van der Waals surface area contributed by atoms with Crippen molar-refractivity contribution in [1.82, 2.24) is 0 Å². The van der Waals surface area contributed by atoms with E-state index in [1.807, 2.05) is 0 Å². The summed E-state index contributed by atoms with van der Waals surface area (Å²) >= 11 is 9.25. The van der Waals surface area contributed by atoms with E-state index in [-0.39, 0.29) is 5.91 Å². The second-order valence-electron chi connectivity index (χ2n) is 4.04. The van der Waals surface area contributed by atoms with E-state index in [0.29, 0.717) is 27.7 Å². The quantitative estimate of drug-likeness (QED) is 0.820. The van der Waals surface area contributed by atoms with Gasteiger partial charge in [0.25, 0.3) is 5.91 Å². The maximum atomic E-state index is 12.2. The molecule has 2 aromatic carbocycles. The molecule has 4 nitrogen and oxygen atoms in total. The van der Waals surface area contributed by atoms with Crippen molar-refractivity contribution in [2.24, 2.45) is 0 Å². The first kappa shape index (κ1) is 14.7. The van der Waals surface area contributed by atoms with Crippen LogP contribution in [0.3, 0.4) is 0 Å². The lowest BCUT2D eigenvalue weighted by Gasteiger charge is -2.11. The summed E-state index contributed by atoms with van der Waals surface area (Å²) in [5.41, 5.74) is 7.23. The Bertz CT molecular complexity index is 662. The van der Waals surface area contributed by atoms with Gasteiger partial charge >= 0.3 is 0 Å². The van der Waals surface area contributed by atoms with Crippen LogP contribution in [-0.2, 0) is 0 Å². The van der Waals surface area contributed by atoms with Crippen molar-refractivity contribution in [3.63, 3.8) is 0 Å². The lowest BCUT2D eigenvalue weighted by Crippen LogP contribution is -2.12. The number of nitrogens with two attached hydrogens (primary N) is 1. The zero-order chi connectivity index (χ0) is 14.7. The molecule has 0 heterocycles. The lowest BCUT2D eigenvalue weighted by atomic mass is 10.2. The number of anilines is 2. The van der Waals surface area contributed by atoms with Gasteiger partial charge in [0.2, 0.25) is 0 Å². The van der Waals surface area contributed by atoms with Crippen molar-refractivity contribution in [1.29, 1.82) is 0 Å². The van der Waals surface area contributed by atoms with Crippen molar-refractivity contribution < 1.29 is 9.53 Å². The van der Waals surface area contributed by atoms with Crippen LogP contribution in [0.5, 0.6) is 5.75 Å². The minimum absolute atomic E-state index is 0.275. The van der Waals surface area contributed by atoms with E-state index in [4.69, 9.17) is 22.1 Å². The van der Waals surface area contributed by atoms with Crippen LogP contribution < -0.4 is 15.8 Å². The van der Waals surface area contributed by atoms with E-state index in [2.05, 4.69) is 21.2 Å². The Labute approximate surface area is 130 Å². The third-order valence-corrected chi connectivity index (χ3v) is 3.89. The van der Waals surface area contributed by atoms with Crippen LogP contribution in [0.15, 0.2) is 40.9 Å². The van der Waals surface area contributed by atoms with E-state index in [9.17, 15) is 4.79 Å². The molecule has 3 N–H and O–H groups in total. The minimum atomic E-state index is -0.275. The highest BCUT2D eigenvalue weighted by Crippen LogP contribution is 2.28. The third-order valence-electron chi connectivity index (χ3n) is 2.66. The van der Waals surface area contributed by atoms with Crippen molar-refractivity contribution in [3.05, 3.63) is 51.5 Å². The third kappa shape index (κ3) is 3.23. The summed E-state index contributed by atoms with van der Waals surface area (Å²) < 4.78 is 5.91. The molecule has 0 atom stereocenters. The van der Waals surface area contributed by atoms with E-state index in [1.165, 1.54) is 7.11 Å². The summed E-state index contributed by atoms with van der Waals surface area (Å²) in [7, 11) is 1.51. The second kappa shape index (κ2) is 6.15. The highest BCUT2D eigenvalue weighted by Gasteiger charge is 2.11. The van der Waals surface area contributed by atoms with Gasteiger partial charge in [-0.1, -0.05) is 11.6 Å². The van der Waals surface area contributed by atoms with Crippen LogP contribution in [0.1, 0.15) is 10.4 Å². The first-order chi connectivity index (χ1) is 9.51. The van der Waals surface area contributed by atoms with E-state index >= 15 is 0 Å². The van der Waals surface area contributed by atoms with Crippen LogP contribution in [0, 0.1) is 0 Å². The number of hydrogen-bond donors (Lipinski definition) is 2. The van der Waals surface area contributed by atoms with Crippen LogP contribution in [0.2, 0.25) is 5.02 Å². The predicted octanol–water partition coefficient (Wildman–Crippen LogP) is 3.95. The van der Waals surface area contributed by atoms with Gasteiger partial charge in [-0.05, 0) is 46.3 Å². The molecule has 0 saturated heterocycles. The first-order valence-electron chi connectivity index (χ1n) is 5.71. The molecule has 0 radical (unpaired) electrons. The van der Waals surface area contributed by atoms with Crippen LogP contribution in [0.25, 0.3) is 0 Å². The molecule has 0 aliphatic heterocycles. The van der Waals surface area contributed by atoms with Gasteiger partial charge in [0.05, 0.1) is 17.8 Å². The predicted molar refractivity (Wildman–Crippen MR) is 84.5 cm³/mol. The Morgan fingerprint density at radius 3 is 2.70 bits per heavy atom. The highest BCUT2D eigenvalue weighted by atomic mass is 79.9. The first-order valence-corrected chi connectivity index (χ1v) is 6.88. The summed E-state index contributed by atoms with van der Waals surface area (Å²) in [6.45, 7) is 0. The number of hydrogen-bond acceptors (Lipinski definition) is 3. The molecule has 2 aromatic rings. The molecular formula is C14H12BrClN2O2. The molecule has 20 heavy (non-hydrogen) atoms. The summed E-state index contributed by atoms with van der Waals surface area (Å²) in [4.78, 5) is 12.2. The average Bonchev–Trinajstić information content (AvgIpc) is 2.43. The SMILES string of the molecule is COc1cc(N)ccc1NC(=O)c1ccc(Br)c(Cl)c1. The molecule has 0 saturated carbocycles. The Kier molecular flexibility index (Phi) is 4.52. The summed E-state index contributed by atoms with van der Waals surface area (Å²) in [6, 6.07) is 10.0. The maximum absolute atomic E-state index is 12.2. The van der Waals surface area contributed by atoms with Gasteiger partial charge in [0.1, 0.15) is 5.75 Å². The monoisotopic (exact) mass is 354 g/mol.